The monoisotopic (exact) mass is 326 g/mol. The lowest BCUT2D eigenvalue weighted by atomic mass is 10.0. The molecule has 2 aromatic carbocycles. The predicted octanol–water partition coefficient (Wildman–Crippen LogP) is 4.06. The molecule has 2 aromatic rings. The quantitative estimate of drug-likeness (QED) is 0.718. The van der Waals surface area contributed by atoms with E-state index >= 15 is 0 Å². The van der Waals surface area contributed by atoms with Crippen molar-refractivity contribution in [3.8, 4) is 0 Å². The van der Waals surface area contributed by atoms with Crippen molar-refractivity contribution in [3.63, 3.8) is 0 Å². The van der Waals surface area contributed by atoms with Gasteiger partial charge in [-0.1, -0.05) is 62.4 Å². The zero-order valence-electron chi connectivity index (χ0n) is 14.4. The number of aliphatic hydroxyl groups excluding tert-OH is 1. The minimum atomic E-state index is -0.569. The van der Waals surface area contributed by atoms with Crippen molar-refractivity contribution in [3.05, 3.63) is 65.2 Å². The number of rotatable bonds is 7. The third kappa shape index (κ3) is 4.83. The summed E-state index contributed by atoms with van der Waals surface area (Å²) in [7, 11) is 0. The van der Waals surface area contributed by atoms with Crippen LogP contribution in [0, 0.1) is 0 Å². The molecular formula is C20H26N2O2. The number of urea groups is 1. The van der Waals surface area contributed by atoms with Gasteiger partial charge in [0, 0.05) is 12.2 Å². The fourth-order valence-electron chi connectivity index (χ4n) is 2.73. The zero-order valence-corrected chi connectivity index (χ0v) is 14.4. The largest absolute Gasteiger partial charge is 0.388 e. The second kappa shape index (κ2) is 9.08. The SMILES string of the molecule is CCc1cccc(CC)c1NC(=O)NCCC(O)c1ccccc1. The molecule has 4 heteroatoms. The highest BCUT2D eigenvalue weighted by Crippen LogP contribution is 2.22. The molecule has 24 heavy (non-hydrogen) atoms. The van der Waals surface area contributed by atoms with Gasteiger partial charge in [-0.25, -0.2) is 4.79 Å². The van der Waals surface area contributed by atoms with Crippen LogP contribution in [-0.4, -0.2) is 17.7 Å². The summed E-state index contributed by atoms with van der Waals surface area (Å²) in [5.41, 5.74) is 4.04. The van der Waals surface area contributed by atoms with E-state index in [2.05, 4.69) is 24.5 Å². The molecule has 3 N–H and O–H groups in total. The molecule has 1 atom stereocenters. The maximum absolute atomic E-state index is 12.2. The summed E-state index contributed by atoms with van der Waals surface area (Å²) in [6, 6.07) is 15.3. The van der Waals surface area contributed by atoms with Crippen molar-refractivity contribution in [1.29, 1.82) is 0 Å². The van der Waals surface area contributed by atoms with Crippen molar-refractivity contribution in [1.82, 2.24) is 5.32 Å². The van der Waals surface area contributed by atoms with Gasteiger partial charge in [0.05, 0.1) is 6.10 Å². The summed E-state index contributed by atoms with van der Waals surface area (Å²) in [6.07, 6.45) is 1.65. The Morgan fingerprint density at radius 3 is 2.21 bits per heavy atom. The average molecular weight is 326 g/mol. The van der Waals surface area contributed by atoms with Crippen molar-refractivity contribution in [2.75, 3.05) is 11.9 Å². The Labute approximate surface area is 143 Å². The molecule has 0 aliphatic rings. The first-order valence-corrected chi connectivity index (χ1v) is 8.54. The Balaban J connectivity index is 1.88. The summed E-state index contributed by atoms with van der Waals surface area (Å²) in [5.74, 6) is 0. The fourth-order valence-corrected chi connectivity index (χ4v) is 2.73. The van der Waals surface area contributed by atoms with Gasteiger partial charge in [-0.3, -0.25) is 0 Å². The summed E-state index contributed by atoms with van der Waals surface area (Å²) < 4.78 is 0. The summed E-state index contributed by atoms with van der Waals surface area (Å²) in [6.45, 7) is 4.57. The van der Waals surface area contributed by atoms with E-state index in [-0.39, 0.29) is 6.03 Å². The fraction of sp³-hybridized carbons (Fsp3) is 0.350. The molecule has 0 aliphatic heterocycles. The topological polar surface area (TPSA) is 61.4 Å². The second-order valence-electron chi connectivity index (χ2n) is 5.75. The number of amides is 2. The van der Waals surface area contributed by atoms with E-state index in [9.17, 15) is 9.90 Å². The van der Waals surface area contributed by atoms with Crippen molar-refractivity contribution < 1.29 is 9.90 Å². The van der Waals surface area contributed by atoms with E-state index in [0.717, 1.165) is 35.2 Å². The van der Waals surface area contributed by atoms with E-state index in [1.54, 1.807) is 0 Å². The number of hydrogen-bond acceptors (Lipinski definition) is 2. The van der Waals surface area contributed by atoms with E-state index < -0.39 is 6.10 Å². The lowest BCUT2D eigenvalue weighted by Crippen LogP contribution is -2.31. The molecule has 0 saturated heterocycles. The Morgan fingerprint density at radius 1 is 1.00 bits per heavy atom. The number of aryl methyl sites for hydroxylation is 2. The van der Waals surface area contributed by atoms with Gasteiger partial charge in [0.1, 0.15) is 0 Å². The van der Waals surface area contributed by atoms with Gasteiger partial charge in [-0.05, 0) is 36.0 Å². The molecule has 2 amide bonds. The predicted molar refractivity (Wildman–Crippen MR) is 98.2 cm³/mol. The van der Waals surface area contributed by atoms with Crippen LogP contribution >= 0.6 is 0 Å². The average Bonchev–Trinajstić information content (AvgIpc) is 2.62. The highest BCUT2D eigenvalue weighted by molar-refractivity contribution is 5.91. The number of para-hydroxylation sites is 1. The van der Waals surface area contributed by atoms with Gasteiger partial charge in [0.15, 0.2) is 0 Å². The van der Waals surface area contributed by atoms with Gasteiger partial charge in [0.25, 0.3) is 0 Å². The van der Waals surface area contributed by atoms with Crippen LogP contribution in [0.5, 0.6) is 0 Å². The first-order chi connectivity index (χ1) is 11.7. The van der Waals surface area contributed by atoms with E-state index in [1.165, 1.54) is 0 Å². The van der Waals surface area contributed by atoms with Crippen molar-refractivity contribution in [2.24, 2.45) is 0 Å². The molecular weight excluding hydrogens is 300 g/mol. The molecule has 0 saturated carbocycles. The number of nitrogens with one attached hydrogen (secondary N) is 2. The zero-order chi connectivity index (χ0) is 17.4. The van der Waals surface area contributed by atoms with Crippen LogP contribution in [0.3, 0.4) is 0 Å². The van der Waals surface area contributed by atoms with E-state index in [1.807, 2.05) is 48.5 Å². The maximum atomic E-state index is 12.2. The van der Waals surface area contributed by atoms with Gasteiger partial charge >= 0.3 is 6.03 Å². The molecule has 1 unspecified atom stereocenters. The van der Waals surface area contributed by atoms with Gasteiger partial charge < -0.3 is 15.7 Å². The van der Waals surface area contributed by atoms with Crippen LogP contribution in [-0.2, 0) is 12.8 Å². The van der Waals surface area contributed by atoms with Crippen LogP contribution in [0.2, 0.25) is 0 Å². The number of carbonyl (C=O) groups excluding carboxylic acids is 1. The third-order valence-electron chi connectivity index (χ3n) is 4.13. The highest BCUT2D eigenvalue weighted by atomic mass is 16.3. The Hall–Kier alpha value is -2.33. The first kappa shape index (κ1) is 18.0. The standard InChI is InChI=1S/C20H26N2O2/c1-3-15-11-8-12-16(4-2)19(15)22-20(24)21-14-13-18(23)17-9-6-5-7-10-17/h5-12,18,23H,3-4,13-14H2,1-2H3,(H2,21,22,24). The second-order valence-corrected chi connectivity index (χ2v) is 5.75. The summed E-state index contributed by atoms with van der Waals surface area (Å²) in [4.78, 5) is 12.2. The lowest BCUT2D eigenvalue weighted by molar-refractivity contribution is 0.167. The van der Waals surface area contributed by atoms with Crippen LogP contribution in [0.4, 0.5) is 10.5 Å². The van der Waals surface area contributed by atoms with Crippen LogP contribution in [0.25, 0.3) is 0 Å². The van der Waals surface area contributed by atoms with Crippen molar-refractivity contribution >= 4 is 11.7 Å². The normalized spacial score (nSPS) is 11.8. The number of benzene rings is 2. The Morgan fingerprint density at radius 2 is 1.62 bits per heavy atom. The Bertz CT molecular complexity index is 634. The molecule has 0 aliphatic carbocycles. The molecule has 2 rings (SSSR count). The molecule has 0 aromatic heterocycles. The summed E-state index contributed by atoms with van der Waals surface area (Å²) in [5, 5.41) is 15.9. The highest BCUT2D eigenvalue weighted by Gasteiger charge is 2.11. The lowest BCUT2D eigenvalue weighted by Gasteiger charge is -2.16. The van der Waals surface area contributed by atoms with Gasteiger partial charge in [-0.2, -0.15) is 0 Å². The molecule has 4 nitrogen and oxygen atoms in total. The summed E-state index contributed by atoms with van der Waals surface area (Å²) >= 11 is 0. The van der Waals surface area contributed by atoms with Gasteiger partial charge in [0.2, 0.25) is 0 Å². The van der Waals surface area contributed by atoms with E-state index in [0.29, 0.717) is 13.0 Å². The molecule has 0 heterocycles. The van der Waals surface area contributed by atoms with Crippen LogP contribution in [0.15, 0.2) is 48.5 Å². The maximum Gasteiger partial charge on any atom is 0.319 e. The molecule has 0 bridgehead atoms. The minimum Gasteiger partial charge on any atom is -0.388 e. The molecule has 0 fully saturated rings. The third-order valence-corrected chi connectivity index (χ3v) is 4.13. The number of hydrogen-bond donors (Lipinski definition) is 3. The molecule has 0 spiro atoms. The smallest absolute Gasteiger partial charge is 0.319 e. The number of anilines is 1. The van der Waals surface area contributed by atoms with E-state index in [4.69, 9.17) is 0 Å². The molecule has 0 radical (unpaired) electrons. The number of aliphatic hydroxyl groups is 1. The van der Waals surface area contributed by atoms with Gasteiger partial charge in [-0.15, -0.1) is 0 Å². The van der Waals surface area contributed by atoms with Crippen molar-refractivity contribution in [2.45, 2.75) is 39.2 Å². The number of carbonyl (C=O) groups is 1. The first-order valence-electron chi connectivity index (χ1n) is 8.54. The molecule has 128 valence electrons. The minimum absolute atomic E-state index is 0.231. The Kier molecular flexibility index (Phi) is 6.82. The van der Waals surface area contributed by atoms with Crippen LogP contribution in [0.1, 0.15) is 43.1 Å². The van der Waals surface area contributed by atoms with Crippen LogP contribution < -0.4 is 10.6 Å².